The topological polar surface area (TPSA) is 141 Å². The summed E-state index contributed by atoms with van der Waals surface area (Å²) in [5.74, 6) is -1.41. The predicted octanol–water partition coefficient (Wildman–Crippen LogP) is -1.95. The predicted molar refractivity (Wildman–Crippen MR) is 94.6 cm³/mol. The number of aliphatic hydroxyl groups is 2. The minimum Gasteiger partial charge on any atom is -0.366 e. The van der Waals surface area contributed by atoms with Gasteiger partial charge in [0.15, 0.2) is 17.8 Å². The summed E-state index contributed by atoms with van der Waals surface area (Å²) in [7, 11) is 0. The number of hydrogen-bond donors (Lipinski definition) is 4. The largest absolute Gasteiger partial charge is 0.366 e. The number of carbonyl (C=O) groups excluding carboxylic acids is 2. The normalized spacial score (nSPS) is 29.6. The maximum atomic E-state index is 12.0. The highest BCUT2D eigenvalue weighted by atomic mass is 16.4. The number of piperazine rings is 1. The number of nitrogens with one attached hydrogen (secondary N) is 1. The Balaban J connectivity index is 2.13. The average Bonchev–Trinajstić information content (AvgIpc) is 2.65. The molecule has 1 amide bonds. The van der Waals surface area contributed by atoms with E-state index in [0.717, 1.165) is 0 Å². The number of aldehydes is 1. The van der Waals surface area contributed by atoms with Crippen molar-refractivity contribution in [2.45, 2.75) is 17.9 Å². The van der Waals surface area contributed by atoms with Gasteiger partial charge in [0.05, 0.1) is 0 Å². The summed E-state index contributed by atoms with van der Waals surface area (Å²) in [6.07, 6.45) is 0.189. The quantitative estimate of drug-likeness (QED) is 0.450. The lowest BCUT2D eigenvalue weighted by molar-refractivity contribution is -0.191. The third-order valence-corrected chi connectivity index (χ3v) is 4.62. The van der Waals surface area contributed by atoms with Crippen LogP contribution >= 0.6 is 0 Å². The van der Waals surface area contributed by atoms with Gasteiger partial charge in [-0.25, -0.2) is 9.98 Å². The monoisotopic (exact) mass is 359 g/mol. The van der Waals surface area contributed by atoms with Crippen molar-refractivity contribution >= 4 is 23.7 Å². The van der Waals surface area contributed by atoms with Crippen molar-refractivity contribution in [2.24, 2.45) is 15.7 Å². The van der Waals surface area contributed by atoms with Gasteiger partial charge < -0.3 is 21.3 Å². The summed E-state index contributed by atoms with van der Waals surface area (Å²) in [6.45, 7) is 1.76. The Labute approximate surface area is 150 Å². The first kappa shape index (κ1) is 18.3. The Morgan fingerprint density at radius 2 is 1.92 bits per heavy atom. The Morgan fingerprint density at radius 1 is 1.27 bits per heavy atom. The van der Waals surface area contributed by atoms with E-state index in [4.69, 9.17) is 5.73 Å². The van der Waals surface area contributed by atoms with Crippen molar-refractivity contribution in [3.8, 4) is 0 Å². The van der Waals surface area contributed by atoms with Crippen LogP contribution in [0, 0.1) is 0 Å². The molecule has 0 aliphatic carbocycles. The molecule has 0 bridgehead atoms. The Bertz CT molecular complexity index is 760. The van der Waals surface area contributed by atoms with E-state index >= 15 is 0 Å². The van der Waals surface area contributed by atoms with Gasteiger partial charge in [-0.15, -0.1) is 0 Å². The van der Waals surface area contributed by atoms with Crippen molar-refractivity contribution in [1.82, 2.24) is 10.2 Å². The fourth-order valence-electron chi connectivity index (χ4n) is 3.39. The summed E-state index contributed by atoms with van der Waals surface area (Å²) in [6, 6.07) is 8.87. The molecule has 0 radical (unpaired) electrons. The molecule has 2 atom stereocenters. The first-order valence-electron chi connectivity index (χ1n) is 8.29. The van der Waals surface area contributed by atoms with Crippen molar-refractivity contribution in [2.75, 3.05) is 26.2 Å². The van der Waals surface area contributed by atoms with E-state index < -0.39 is 28.9 Å². The molecule has 1 aromatic carbocycles. The van der Waals surface area contributed by atoms with Crippen LogP contribution < -0.4 is 11.1 Å². The molecule has 0 aromatic heterocycles. The van der Waals surface area contributed by atoms with Crippen LogP contribution in [0.25, 0.3) is 0 Å². The van der Waals surface area contributed by atoms with E-state index in [0.29, 0.717) is 38.0 Å². The molecule has 26 heavy (non-hydrogen) atoms. The molecule has 2 aliphatic rings. The van der Waals surface area contributed by atoms with E-state index in [2.05, 4.69) is 15.3 Å². The highest BCUT2D eigenvalue weighted by molar-refractivity contribution is 6.46. The van der Waals surface area contributed by atoms with Gasteiger partial charge in [-0.3, -0.25) is 14.5 Å². The molecule has 0 spiro atoms. The van der Waals surface area contributed by atoms with Crippen LogP contribution in [0.2, 0.25) is 0 Å². The van der Waals surface area contributed by atoms with Gasteiger partial charge in [0.1, 0.15) is 0 Å². The molecule has 138 valence electrons. The van der Waals surface area contributed by atoms with E-state index in [1.165, 1.54) is 4.90 Å². The second kappa shape index (κ2) is 7.04. The molecular formula is C17H21N5O4. The number of hydrogen-bond acceptors (Lipinski definition) is 8. The van der Waals surface area contributed by atoms with Crippen molar-refractivity contribution in [3.05, 3.63) is 35.9 Å². The lowest BCUT2D eigenvalue weighted by atomic mass is 9.85. The summed E-state index contributed by atoms with van der Waals surface area (Å²) < 4.78 is 0. The second-order valence-corrected chi connectivity index (χ2v) is 6.30. The van der Waals surface area contributed by atoms with Crippen molar-refractivity contribution < 1.29 is 19.8 Å². The van der Waals surface area contributed by atoms with Crippen molar-refractivity contribution in [3.63, 3.8) is 0 Å². The van der Waals surface area contributed by atoms with E-state index in [1.54, 1.807) is 24.3 Å². The van der Waals surface area contributed by atoms with Gasteiger partial charge in [-0.05, 0) is 5.56 Å². The minimum atomic E-state index is -2.25. The van der Waals surface area contributed by atoms with Crippen LogP contribution in [0.15, 0.2) is 40.3 Å². The van der Waals surface area contributed by atoms with Gasteiger partial charge in [0.25, 0.3) is 5.91 Å². The van der Waals surface area contributed by atoms with E-state index in [1.807, 2.05) is 6.07 Å². The molecule has 5 N–H and O–H groups in total. The molecular weight excluding hydrogens is 338 g/mol. The highest BCUT2D eigenvalue weighted by Crippen LogP contribution is 2.36. The first-order chi connectivity index (χ1) is 12.4. The Hall–Kier alpha value is -2.46. The zero-order valence-electron chi connectivity index (χ0n) is 14.1. The van der Waals surface area contributed by atoms with Crippen molar-refractivity contribution in [1.29, 1.82) is 0 Å². The number of rotatable bonds is 5. The Morgan fingerprint density at radius 3 is 2.50 bits per heavy atom. The molecule has 2 unspecified atom stereocenters. The Kier molecular flexibility index (Phi) is 4.97. The minimum absolute atomic E-state index is 0.127. The van der Waals surface area contributed by atoms with Crippen LogP contribution in [-0.4, -0.2) is 76.5 Å². The zero-order valence-corrected chi connectivity index (χ0v) is 14.1. The summed E-state index contributed by atoms with van der Waals surface area (Å²) in [5, 5.41) is 26.0. The smallest absolute Gasteiger partial charge is 0.267 e. The molecule has 1 saturated heterocycles. The molecule has 2 aliphatic heterocycles. The lowest BCUT2D eigenvalue weighted by Gasteiger charge is -2.50. The maximum Gasteiger partial charge on any atom is 0.267 e. The third kappa shape index (κ3) is 3.06. The third-order valence-electron chi connectivity index (χ3n) is 4.62. The van der Waals surface area contributed by atoms with Crippen LogP contribution in [0.1, 0.15) is 5.56 Å². The number of primary amides is 1. The van der Waals surface area contributed by atoms with E-state index in [-0.39, 0.29) is 6.42 Å². The van der Waals surface area contributed by atoms with Crippen LogP contribution in [0.5, 0.6) is 0 Å². The average molecular weight is 359 g/mol. The maximum absolute atomic E-state index is 12.0. The number of amidine groups is 1. The molecule has 9 heteroatoms. The molecule has 1 fully saturated rings. The SMILES string of the molecule is NC(=O)C1=NC(C=O)=NC(O)(Cc2ccccc2)C1(O)N1CCNCC1. The molecule has 1 aromatic rings. The van der Waals surface area contributed by atoms with Gasteiger partial charge in [0, 0.05) is 32.6 Å². The van der Waals surface area contributed by atoms with Gasteiger partial charge in [-0.1, -0.05) is 30.3 Å². The fraction of sp³-hybridized carbons (Fsp3) is 0.412. The van der Waals surface area contributed by atoms with Gasteiger partial charge in [-0.2, -0.15) is 0 Å². The number of aliphatic imine (C=N–C) groups is 2. The highest BCUT2D eigenvalue weighted by Gasteiger charge is 2.60. The van der Waals surface area contributed by atoms with Crippen LogP contribution in [0.4, 0.5) is 0 Å². The van der Waals surface area contributed by atoms with Gasteiger partial charge in [0.2, 0.25) is 11.4 Å². The van der Waals surface area contributed by atoms with Crippen LogP contribution in [0.3, 0.4) is 0 Å². The van der Waals surface area contributed by atoms with Gasteiger partial charge >= 0.3 is 0 Å². The standard InChI is InChI=1S/C17H21N5O4/c18-15(24)14-17(26,22-8-6-19-7-9-22)16(25,21-13(11-23)20-14)10-12-4-2-1-3-5-12/h1-5,11,19,25-26H,6-10H2,(H2,18,24). The summed E-state index contributed by atoms with van der Waals surface area (Å²) >= 11 is 0. The zero-order chi connectivity index (χ0) is 18.8. The number of nitrogens with two attached hydrogens (primary N) is 1. The summed E-state index contributed by atoms with van der Waals surface area (Å²) in [4.78, 5) is 32.6. The number of nitrogens with zero attached hydrogens (tertiary/aromatic N) is 3. The second-order valence-electron chi connectivity index (χ2n) is 6.30. The molecule has 2 heterocycles. The first-order valence-corrected chi connectivity index (χ1v) is 8.29. The van der Waals surface area contributed by atoms with Crippen LogP contribution in [-0.2, 0) is 16.0 Å². The number of carbonyl (C=O) groups is 2. The fourth-order valence-corrected chi connectivity index (χ4v) is 3.39. The summed E-state index contributed by atoms with van der Waals surface area (Å²) in [5.41, 5.74) is 1.16. The number of benzene rings is 1. The molecule has 0 saturated carbocycles. The number of amides is 1. The van der Waals surface area contributed by atoms with E-state index in [9.17, 15) is 19.8 Å². The lowest BCUT2D eigenvalue weighted by Crippen LogP contribution is -2.74. The molecule has 9 nitrogen and oxygen atoms in total. The molecule has 3 rings (SSSR count).